The van der Waals surface area contributed by atoms with Gasteiger partial charge in [0.25, 0.3) is 15.9 Å². The van der Waals surface area contributed by atoms with Crippen LogP contribution in [0.2, 0.25) is 5.02 Å². The average molecular weight is 419 g/mol. The number of benzene rings is 3. The molecule has 0 radical (unpaired) electrons. The summed E-state index contributed by atoms with van der Waals surface area (Å²) < 4.78 is 40.3. The third kappa shape index (κ3) is 5.09. The molecule has 3 aromatic rings. The van der Waals surface area contributed by atoms with Gasteiger partial charge in [-0.05, 0) is 66.2 Å². The van der Waals surface area contributed by atoms with Gasteiger partial charge in [-0.1, -0.05) is 23.7 Å². The van der Waals surface area contributed by atoms with Crippen molar-refractivity contribution < 1.29 is 17.6 Å². The van der Waals surface area contributed by atoms with E-state index in [0.29, 0.717) is 21.8 Å². The molecule has 0 aliphatic rings. The second kappa shape index (κ2) is 8.41. The van der Waals surface area contributed by atoms with Crippen molar-refractivity contribution in [2.45, 2.75) is 11.4 Å². The Kier molecular flexibility index (Phi) is 5.96. The summed E-state index contributed by atoms with van der Waals surface area (Å²) in [6.45, 7) is 0.182. The van der Waals surface area contributed by atoms with Crippen molar-refractivity contribution in [3.05, 3.63) is 94.8 Å². The molecule has 0 fully saturated rings. The number of carbonyl (C=O) groups excluding carboxylic acids is 1. The number of nitrogens with one attached hydrogen (secondary N) is 2. The molecule has 3 aromatic carbocycles. The normalized spacial score (nSPS) is 11.1. The fourth-order valence-corrected chi connectivity index (χ4v) is 3.63. The van der Waals surface area contributed by atoms with Crippen molar-refractivity contribution in [3.8, 4) is 0 Å². The number of hydrogen-bond donors (Lipinski definition) is 2. The van der Waals surface area contributed by atoms with Crippen LogP contribution in [-0.2, 0) is 16.6 Å². The van der Waals surface area contributed by atoms with Crippen LogP contribution in [0.5, 0.6) is 0 Å². The van der Waals surface area contributed by atoms with Gasteiger partial charge in [-0.2, -0.15) is 0 Å². The molecule has 2 N–H and O–H groups in total. The van der Waals surface area contributed by atoms with E-state index < -0.39 is 10.0 Å². The standard InChI is InChI=1S/C20H16ClFN2O3S/c21-16-6-10-19(11-7-16)28(26,27)24-18-8-4-15(5-9-18)20(25)23-13-14-2-1-3-17(22)12-14/h1-12,24H,13H2,(H,23,25). The van der Waals surface area contributed by atoms with Crippen molar-refractivity contribution in [2.24, 2.45) is 0 Å². The Labute approximate surface area is 167 Å². The van der Waals surface area contributed by atoms with Gasteiger partial charge in [0.05, 0.1) is 4.90 Å². The lowest BCUT2D eigenvalue weighted by atomic mass is 10.2. The highest BCUT2D eigenvalue weighted by Crippen LogP contribution is 2.18. The van der Waals surface area contributed by atoms with Crippen LogP contribution < -0.4 is 10.0 Å². The van der Waals surface area contributed by atoms with E-state index in [0.717, 1.165) is 0 Å². The van der Waals surface area contributed by atoms with Crippen molar-refractivity contribution in [2.75, 3.05) is 4.72 Å². The topological polar surface area (TPSA) is 75.3 Å². The average Bonchev–Trinajstić information content (AvgIpc) is 2.67. The summed E-state index contributed by atoms with van der Waals surface area (Å²) in [6, 6.07) is 17.7. The number of anilines is 1. The van der Waals surface area contributed by atoms with Gasteiger partial charge in [-0.3, -0.25) is 9.52 Å². The summed E-state index contributed by atoms with van der Waals surface area (Å²) in [5, 5.41) is 3.12. The molecule has 8 heteroatoms. The molecule has 28 heavy (non-hydrogen) atoms. The zero-order valence-electron chi connectivity index (χ0n) is 14.5. The van der Waals surface area contributed by atoms with Crippen LogP contribution in [-0.4, -0.2) is 14.3 Å². The monoisotopic (exact) mass is 418 g/mol. The fraction of sp³-hybridized carbons (Fsp3) is 0.0500. The van der Waals surface area contributed by atoms with E-state index >= 15 is 0 Å². The van der Waals surface area contributed by atoms with E-state index in [4.69, 9.17) is 11.6 Å². The first kappa shape index (κ1) is 19.9. The lowest BCUT2D eigenvalue weighted by Gasteiger charge is -2.09. The van der Waals surface area contributed by atoms with E-state index in [1.807, 2.05) is 0 Å². The molecule has 0 spiro atoms. The molecule has 3 rings (SSSR count). The minimum absolute atomic E-state index is 0.0776. The van der Waals surface area contributed by atoms with Gasteiger partial charge in [-0.25, -0.2) is 12.8 Å². The highest BCUT2D eigenvalue weighted by Gasteiger charge is 2.14. The van der Waals surface area contributed by atoms with Crippen molar-refractivity contribution in [1.29, 1.82) is 0 Å². The highest BCUT2D eigenvalue weighted by atomic mass is 35.5. The molecule has 0 aliphatic carbocycles. The third-order valence-electron chi connectivity index (χ3n) is 3.87. The molecule has 0 aromatic heterocycles. The molecule has 0 bridgehead atoms. The first-order chi connectivity index (χ1) is 13.3. The molecular formula is C20H16ClFN2O3S. The van der Waals surface area contributed by atoms with Gasteiger partial charge in [0.15, 0.2) is 0 Å². The SMILES string of the molecule is O=C(NCc1cccc(F)c1)c1ccc(NS(=O)(=O)c2ccc(Cl)cc2)cc1. The van der Waals surface area contributed by atoms with Crippen molar-refractivity contribution >= 4 is 33.2 Å². The third-order valence-corrected chi connectivity index (χ3v) is 5.51. The summed E-state index contributed by atoms with van der Waals surface area (Å²) in [4.78, 5) is 12.3. The Morgan fingerprint density at radius 3 is 2.29 bits per heavy atom. The number of sulfonamides is 1. The minimum atomic E-state index is -3.76. The Morgan fingerprint density at radius 1 is 0.964 bits per heavy atom. The lowest BCUT2D eigenvalue weighted by molar-refractivity contribution is 0.0951. The summed E-state index contributed by atoms with van der Waals surface area (Å²) >= 11 is 5.77. The molecule has 144 valence electrons. The van der Waals surface area contributed by atoms with Gasteiger partial charge in [-0.15, -0.1) is 0 Å². The second-order valence-electron chi connectivity index (χ2n) is 5.95. The summed E-state index contributed by atoms with van der Waals surface area (Å²) in [7, 11) is -3.76. The molecule has 0 heterocycles. The maximum absolute atomic E-state index is 13.2. The molecule has 0 saturated carbocycles. The molecule has 0 unspecified atom stereocenters. The zero-order chi connectivity index (χ0) is 20.1. The van der Waals surface area contributed by atoms with E-state index in [9.17, 15) is 17.6 Å². The van der Waals surface area contributed by atoms with E-state index in [1.54, 1.807) is 12.1 Å². The van der Waals surface area contributed by atoms with Crippen LogP contribution in [0.1, 0.15) is 15.9 Å². The van der Waals surface area contributed by atoms with Gasteiger partial charge in [0.2, 0.25) is 0 Å². The Morgan fingerprint density at radius 2 is 1.64 bits per heavy atom. The molecule has 1 amide bonds. The Hall–Kier alpha value is -2.90. The maximum Gasteiger partial charge on any atom is 0.261 e. The van der Waals surface area contributed by atoms with Crippen LogP contribution in [0.4, 0.5) is 10.1 Å². The van der Waals surface area contributed by atoms with Crippen LogP contribution in [0.3, 0.4) is 0 Å². The summed E-state index contributed by atoms with van der Waals surface area (Å²) in [5.74, 6) is -0.722. The first-order valence-electron chi connectivity index (χ1n) is 8.24. The maximum atomic E-state index is 13.2. The summed E-state index contributed by atoms with van der Waals surface area (Å²) in [5.41, 5.74) is 1.31. The number of hydrogen-bond acceptors (Lipinski definition) is 3. The zero-order valence-corrected chi connectivity index (χ0v) is 16.1. The second-order valence-corrected chi connectivity index (χ2v) is 8.07. The van der Waals surface area contributed by atoms with E-state index in [2.05, 4.69) is 10.0 Å². The molecule has 0 aliphatic heterocycles. The smallest absolute Gasteiger partial charge is 0.261 e. The fourth-order valence-electron chi connectivity index (χ4n) is 2.45. The van der Waals surface area contributed by atoms with Crippen LogP contribution in [0.15, 0.2) is 77.7 Å². The Balaban J connectivity index is 1.64. The van der Waals surface area contributed by atoms with Crippen molar-refractivity contribution in [1.82, 2.24) is 5.32 Å². The van der Waals surface area contributed by atoms with Crippen LogP contribution >= 0.6 is 11.6 Å². The number of halogens is 2. The Bertz CT molecular complexity index is 1090. The van der Waals surface area contributed by atoms with Crippen molar-refractivity contribution in [3.63, 3.8) is 0 Å². The predicted octanol–water partition coefficient (Wildman–Crippen LogP) is 4.21. The molecule has 0 saturated heterocycles. The quantitative estimate of drug-likeness (QED) is 0.629. The van der Waals surface area contributed by atoms with Gasteiger partial charge in [0, 0.05) is 22.8 Å². The molecule has 5 nitrogen and oxygen atoms in total. The minimum Gasteiger partial charge on any atom is -0.348 e. The molecule has 0 atom stereocenters. The van der Waals surface area contributed by atoms with E-state index in [-0.39, 0.29) is 23.2 Å². The van der Waals surface area contributed by atoms with Gasteiger partial charge in [0.1, 0.15) is 5.82 Å². The van der Waals surface area contributed by atoms with Gasteiger partial charge < -0.3 is 5.32 Å². The summed E-state index contributed by atoms with van der Waals surface area (Å²) in [6.07, 6.45) is 0. The predicted molar refractivity (Wildman–Crippen MR) is 106 cm³/mol. The lowest BCUT2D eigenvalue weighted by Crippen LogP contribution is -2.22. The highest BCUT2D eigenvalue weighted by molar-refractivity contribution is 7.92. The van der Waals surface area contributed by atoms with Crippen LogP contribution in [0, 0.1) is 5.82 Å². The largest absolute Gasteiger partial charge is 0.348 e. The number of amides is 1. The van der Waals surface area contributed by atoms with Gasteiger partial charge >= 0.3 is 0 Å². The van der Waals surface area contributed by atoms with Crippen LogP contribution in [0.25, 0.3) is 0 Å². The number of carbonyl (C=O) groups is 1. The first-order valence-corrected chi connectivity index (χ1v) is 10.1. The molecular weight excluding hydrogens is 403 g/mol. The van der Waals surface area contributed by atoms with E-state index in [1.165, 1.54) is 60.7 Å². The number of rotatable bonds is 6.